The average Bonchev–Trinajstić information content (AvgIpc) is 2.45. The molecule has 1 aliphatic rings. The molecule has 1 heterocycles. The summed E-state index contributed by atoms with van der Waals surface area (Å²) in [6.45, 7) is 5.29. The Morgan fingerprint density at radius 1 is 1.32 bits per heavy atom. The lowest BCUT2D eigenvalue weighted by atomic mass is 10.2. The summed E-state index contributed by atoms with van der Waals surface area (Å²) in [6, 6.07) is 6.04. The number of carbonyl (C=O) groups excluding carboxylic acids is 1. The van der Waals surface area contributed by atoms with E-state index in [1.54, 1.807) is 12.1 Å². The number of hydrogen-bond acceptors (Lipinski definition) is 2. The number of ether oxygens (including phenoxy) is 1. The van der Waals surface area contributed by atoms with Crippen LogP contribution >= 0.6 is 0 Å². The van der Waals surface area contributed by atoms with Crippen LogP contribution in [0.3, 0.4) is 0 Å². The van der Waals surface area contributed by atoms with Crippen LogP contribution in [-0.2, 0) is 4.74 Å². The highest BCUT2D eigenvalue weighted by molar-refractivity contribution is 5.94. The highest BCUT2D eigenvalue weighted by Crippen LogP contribution is 2.05. The van der Waals surface area contributed by atoms with Gasteiger partial charge in [0.1, 0.15) is 18.9 Å². The van der Waals surface area contributed by atoms with Crippen molar-refractivity contribution in [2.45, 2.75) is 6.42 Å². The first-order valence-corrected chi connectivity index (χ1v) is 6.71. The molecule has 1 fully saturated rings. The molecule has 1 amide bonds. The third-order valence-corrected chi connectivity index (χ3v) is 3.31. The molecule has 1 saturated heterocycles. The average molecular weight is 267 g/mol. The molecular formula is C14H20FN2O2+. The molecule has 2 N–H and O–H groups in total. The molecule has 1 aliphatic heterocycles. The lowest BCUT2D eigenvalue weighted by Gasteiger charge is -2.23. The van der Waals surface area contributed by atoms with Gasteiger partial charge >= 0.3 is 0 Å². The lowest BCUT2D eigenvalue weighted by Crippen LogP contribution is -3.14. The summed E-state index contributed by atoms with van der Waals surface area (Å²) in [5.74, 6) is -0.811. The van der Waals surface area contributed by atoms with Gasteiger partial charge < -0.3 is 15.0 Å². The molecule has 0 radical (unpaired) electrons. The SMILES string of the molecule is O=C(NCCC[NH+]1CCOCC1)c1ccccc1F. The van der Waals surface area contributed by atoms with E-state index in [4.69, 9.17) is 4.74 Å². The Hall–Kier alpha value is -1.46. The summed E-state index contributed by atoms with van der Waals surface area (Å²) in [4.78, 5) is 13.2. The highest BCUT2D eigenvalue weighted by Gasteiger charge is 2.14. The van der Waals surface area contributed by atoms with E-state index >= 15 is 0 Å². The number of morpholine rings is 1. The number of amides is 1. The fourth-order valence-electron chi connectivity index (χ4n) is 2.19. The minimum Gasteiger partial charge on any atom is -0.370 e. The highest BCUT2D eigenvalue weighted by atomic mass is 19.1. The third kappa shape index (κ3) is 4.29. The van der Waals surface area contributed by atoms with Gasteiger partial charge in [0.2, 0.25) is 0 Å². The summed E-state index contributed by atoms with van der Waals surface area (Å²) in [5.41, 5.74) is 0.112. The van der Waals surface area contributed by atoms with Gasteiger partial charge in [-0.15, -0.1) is 0 Å². The zero-order valence-electron chi connectivity index (χ0n) is 11.0. The van der Waals surface area contributed by atoms with Crippen molar-refractivity contribution in [1.82, 2.24) is 5.32 Å². The molecule has 0 aliphatic carbocycles. The van der Waals surface area contributed by atoms with Crippen molar-refractivity contribution in [3.63, 3.8) is 0 Å². The Bertz CT molecular complexity index is 420. The predicted molar refractivity (Wildman–Crippen MR) is 69.7 cm³/mol. The first-order chi connectivity index (χ1) is 9.27. The van der Waals surface area contributed by atoms with Crippen molar-refractivity contribution in [1.29, 1.82) is 0 Å². The summed E-state index contributed by atoms with van der Waals surface area (Å²) < 4.78 is 18.6. The molecule has 1 aromatic carbocycles. The van der Waals surface area contributed by atoms with E-state index in [0.717, 1.165) is 39.3 Å². The number of rotatable bonds is 5. The maximum atomic E-state index is 13.4. The smallest absolute Gasteiger partial charge is 0.254 e. The number of halogens is 1. The second kappa shape index (κ2) is 7.21. The van der Waals surface area contributed by atoms with Gasteiger partial charge in [0.15, 0.2) is 0 Å². The van der Waals surface area contributed by atoms with Crippen molar-refractivity contribution in [2.24, 2.45) is 0 Å². The topological polar surface area (TPSA) is 42.8 Å². The molecule has 2 rings (SSSR count). The van der Waals surface area contributed by atoms with Crippen LogP contribution < -0.4 is 10.2 Å². The molecular weight excluding hydrogens is 247 g/mol. The molecule has 1 aromatic rings. The fraction of sp³-hybridized carbons (Fsp3) is 0.500. The zero-order chi connectivity index (χ0) is 13.5. The molecule has 104 valence electrons. The van der Waals surface area contributed by atoms with Crippen LogP contribution in [0.2, 0.25) is 0 Å². The second-order valence-corrected chi connectivity index (χ2v) is 4.70. The van der Waals surface area contributed by atoms with Crippen LogP contribution in [-0.4, -0.2) is 45.3 Å². The first kappa shape index (κ1) is 14.0. The van der Waals surface area contributed by atoms with Crippen molar-refractivity contribution in [2.75, 3.05) is 39.4 Å². The normalized spacial score (nSPS) is 16.3. The molecule has 5 heteroatoms. The fourth-order valence-corrected chi connectivity index (χ4v) is 2.19. The Kier molecular flexibility index (Phi) is 5.30. The monoisotopic (exact) mass is 267 g/mol. The van der Waals surface area contributed by atoms with E-state index in [-0.39, 0.29) is 11.5 Å². The molecule has 0 atom stereocenters. The number of quaternary nitrogens is 1. The van der Waals surface area contributed by atoms with Crippen LogP contribution in [0.25, 0.3) is 0 Å². The van der Waals surface area contributed by atoms with E-state index in [0.29, 0.717) is 6.54 Å². The molecule has 0 spiro atoms. The maximum absolute atomic E-state index is 13.4. The Morgan fingerprint density at radius 3 is 2.79 bits per heavy atom. The van der Waals surface area contributed by atoms with E-state index in [2.05, 4.69) is 5.32 Å². The predicted octanol–water partition coefficient (Wildman–Crippen LogP) is -0.139. The largest absolute Gasteiger partial charge is 0.370 e. The number of hydrogen-bond donors (Lipinski definition) is 2. The summed E-state index contributed by atoms with van der Waals surface area (Å²) in [5, 5.41) is 2.76. The number of nitrogens with one attached hydrogen (secondary N) is 2. The minimum atomic E-state index is -0.473. The third-order valence-electron chi connectivity index (χ3n) is 3.31. The Morgan fingerprint density at radius 2 is 2.05 bits per heavy atom. The van der Waals surface area contributed by atoms with Gasteiger partial charge in [-0.05, 0) is 12.1 Å². The number of benzene rings is 1. The van der Waals surface area contributed by atoms with Crippen molar-refractivity contribution >= 4 is 5.91 Å². The van der Waals surface area contributed by atoms with E-state index in [1.165, 1.54) is 17.0 Å². The molecule has 19 heavy (non-hydrogen) atoms. The van der Waals surface area contributed by atoms with Crippen molar-refractivity contribution < 1.29 is 18.8 Å². The van der Waals surface area contributed by atoms with Gasteiger partial charge in [0.05, 0.1) is 25.3 Å². The quantitative estimate of drug-likeness (QED) is 0.729. The lowest BCUT2D eigenvalue weighted by molar-refractivity contribution is -0.908. The Labute approximate surface area is 112 Å². The molecule has 0 unspecified atom stereocenters. The van der Waals surface area contributed by atoms with Crippen molar-refractivity contribution in [3.8, 4) is 0 Å². The maximum Gasteiger partial charge on any atom is 0.254 e. The van der Waals surface area contributed by atoms with Gasteiger partial charge in [-0.25, -0.2) is 4.39 Å². The van der Waals surface area contributed by atoms with Gasteiger partial charge in [-0.3, -0.25) is 4.79 Å². The molecule has 4 nitrogen and oxygen atoms in total. The Balaban J connectivity index is 1.68. The molecule has 0 saturated carbocycles. The minimum absolute atomic E-state index is 0.112. The second-order valence-electron chi connectivity index (χ2n) is 4.70. The standard InChI is InChI=1S/C14H19FN2O2/c15-13-5-2-1-4-12(13)14(18)16-6-3-7-17-8-10-19-11-9-17/h1-2,4-5H,3,6-11H2,(H,16,18)/p+1. The molecule has 0 bridgehead atoms. The van der Waals surface area contributed by atoms with Gasteiger partial charge in [-0.1, -0.05) is 12.1 Å². The summed E-state index contributed by atoms with van der Waals surface area (Å²) in [7, 11) is 0. The summed E-state index contributed by atoms with van der Waals surface area (Å²) in [6.07, 6.45) is 0.898. The van der Waals surface area contributed by atoms with Crippen LogP contribution in [0.5, 0.6) is 0 Å². The van der Waals surface area contributed by atoms with Crippen LogP contribution in [0, 0.1) is 5.82 Å². The first-order valence-electron chi connectivity index (χ1n) is 6.71. The van der Waals surface area contributed by atoms with Gasteiger partial charge in [-0.2, -0.15) is 0 Å². The van der Waals surface area contributed by atoms with Crippen LogP contribution in [0.15, 0.2) is 24.3 Å². The van der Waals surface area contributed by atoms with Crippen LogP contribution in [0.1, 0.15) is 16.8 Å². The van der Waals surface area contributed by atoms with E-state index < -0.39 is 5.82 Å². The van der Waals surface area contributed by atoms with Gasteiger partial charge in [0.25, 0.3) is 5.91 Å². The molecule has 0 aromatic heterocycles. The van der Waals surface area contributed by atoms with Crippen LogP contribution in [0.4, 0.5) is 4.39 Å². The van der Waals surface area contributed by atoms with E-state index in [1.807, 2.05) is 0 Å². The summed E-state index contributed by atoms with van der Waals surface area (Å²) >= 11 is 0. The van der Waals surface area contributed by atoms with Crippen molar-refractivity contribution in [3.05, 3.63) is 35.6 Å². The van der Waals surface area contributed by atoms with Gasteiger partial charge in [0, 0.05) is 13.0 Å². The van der Waals surface area contributed by atoms with E-state index in [9.17, 15) is 9.18 Å². The zero-order valence-corrected chi connectivity index (χ0v) is 11.0. The number of carbonyl (C=O) groups is 1.